The normalized spacial score (nSPS) is 10.8. The summed E-state index contributed by atoms with van der Waals surface area (Å²) in [5, 5.41) is 11.2. The van der Waals surface area contributed by atoms with Gasteiger partial charge in [0.15, 0.2) is 10.9 Å². The fourth-order valence-electron chi connectivity index (χ4n) is 1.87. The molecule has 0 unspecified atom stereocenters. The third kappa shape index (κ3) is 5.21. The average Bonchev–Trinajstić information content (AvgIpc) is 2.93. The van der Waals surface area contributed by atoms with Crippen molar-refractivity contribution in [1.82, 2.24) is 10.2 Å². The molecule has 1 amide bonds. The minimum atomic E-state index is -0.233. The molecule has 0 spiro atoms. The Kier molecular flexibility index (Phi) is 6.41. The molecule has 2 aromatic rings. The maximum absolute atomic E-state index is 12.0. The van der Waals surface area contributed by atoms with Crippen molar-refractivity contribution < 1.29 is 9.53 Å². The number of amides is 1. The molecule has 0 aliphatic heterocycles. The lowest BCUT2D eigenvalue weighted by Gasteiger charge is -2.12. The monoisotopic (exact) mass is 351 g/mol. The molecule has 1 aromatic heterocycles. The lowest BCUT2D eigenvalue weighted by Crippen LogP contribution is -2.20. The van der Waals surface area contributed by atoms with Crippen molar-refractivity contribution in [3.63, 3.8) is 0 Å². The van der Waals surface area contributed by atoms with Crippen molar-refractivity contribution >= 4 is 34.1 Å². The maximum atomic E-state index is 12.0. The minimum Gasteiger partial charge on any atom is -0.483 e. The summed E-state index contributed by atoms with van der Waals surface area (Å²) in [6.07, 6.45) is 0. The molecule has 0 saturated carbocycles. The number of nitrogens with one attached hydrogen (secondary N) is 1. The first-order valence-corrected chi connectivity index (χ1v) is 9.29. The Labute approximate surface area is 144 Å². The van der Waals surface area contributed by atoms with E-state index in [4.69, 9.17) is 4.74 Å². The molecule has 1 heterocycles. The number of aromatic nitrogens is 2. The Morgan fingerprint density at radius 1 is 1.39 bits per heavy atom. The summed E-state index contributed by atoms with van der Waals surface area (Å²) in [7, 11) is 0. The zero-order valence-corrected chi connectivity index (χ0v) is 15.4. The molecule has 2 rings (SSSR count). The van der Waals surface area contributed by atoms with Gasteiger partial charge in [0.25, 0.3) is 5.91 Å². The van der Waals surface area contributed by atoms with Gasteiger partial charge in [0, 0.05) is 0 Å². The van der Waals surface area contributed by atoms with Crippen LogP contribution in [0.1, 0.15) is 37.8 Å². The fourth-order valence-corrected chi connectivity index (χ4v) is 3.54. The van der Waals surface area contributed by atoms with Crippen LogP contribution < -0.4 is 10.1 Å². The standard InChI is InChI=1S/C16H21N3O2S2/c1-5-22-16-19-18-15(23-16)17-14(20)9-21-13-8-12(10(2)3)7-6-11(13)4/h6-8,10H,5,9H2,1-4H3,(H,17,18,20). The van der Waals surface area contributed by atoms with Gasteiger partial charge in [-0.05, 0) is 35.8 Å². The van der Waals surface area contributed by atoms with Gasteiger partial charge in [0.05, 0.1) is 0 Å². The van der Waals surface area contributed by atoms with Gasteiger partial charge in [-0.2, -0.15) is 0 Å². The number of nitrogens with zero attached hydrogens (tertiary/aromatic N) is 2. The smallest absolute Gasteiger partial charge is 0.264 e. The van der Waals surface area contributed by atoms with Crippen LogP contribution in [0.2, 0.25) is 0 Å². The first kappa shape index (κ1) is 17.7. The largest absolute Gasteiger partial charge is 0.483 e. The van der Waals surface area contributed by atoms with E-state index < -0.39 is 0 Å². The lowest BCUT2D eigenvalue weighted by atomic mass is 10.0. The van der Waals surface area contributed by atoms with Gasteiger partial charge in [-0.25, -0.2) is 0 Å². The number of ether oxygens (including phenoxy) is 1. The Hall–Kier alpha value is -1.60. The molecule has 0 aliphatic carbocycles. The molecule has 0 atom stereocenters. The number of thioether (sulfide) groups is 1. The Balaban J connectivity index is 1.92. The van der Waals surface area contributed by atoms with Gasteiger partial charge in [-0.3, -0.25) is 10.1 Å². The highest BCUT2D eigenvalue weighted by atomic mass is 32.2. The third-order valence-corrected chi connectivity index (χ3v) is 5.01. The van der Waals surface area contributed by atoms with E-state index >= 15 is 0 Å². The zero-order chi connectivity index (χ0) is 16.8. The van der Waals surface area contributed by atoms with Crippen LogP contribution in [0.5, 0.6) is 5.75 Å². The van der Waals surface area contributed by atoms with E-state index in [2.05, 4.69) is 35.4 Å². The van der Waals surface area contributed by atoms with Gasteiger partial charge in [0.1, 0.15) is 5.75 Å². The van der Waals surface area contributed by atoms with Gasteiger partial charge < -0.3 is 4.74 Å². The highest BCUT2D eigenvalue weighted by molar-refractivity contribution is 8.01. The van der Waals surface area contributed by atoms with E-state index in [-0.39, 0.29) is 12.5 Å². The number of carbonyl (C=O) groups excluding carboxylic acids is 1. The number of benzene rings is 1. The van der Waals surface area contributed by atoms with E-state index in [0.29, 0.717) is 11.0 Å². The van der Waals surface area contributed by atoms with Crippen molar-refractivity contribution in [2.24, 2.45) is 0 Å². The summed E-state index contributed by atoms with van der Waals surface area (Å²) < 4.78 is 6.51. The van der Waals surface area contributed by atoms with Crippen molar-refractivity contribution in [3.05, 3.63) is 29.3 Å². The minimum absolute atomic E-state index is 0.0434. The van der Waals surface area contributed by atoms with E-state index in [1.54, 1.807) is 11.8 Å². The second-order valence-electron chi connectivity index (χ2n) is 5.32. The summed E-state index contributed by atoms with van der Waals surface area (Å²) >= 11 is 2.97. The fraction of sp³-hybridized carbons (Fsp3) is 0.438. The van der Waals surface area contributed by atoms with Crippen molar-refractivity contribution in [3.8, 4) is 5.75 Å². The van der Waals surface area contributed by atoms with Crippen LogP contribution in [0, 0.1) is 6.92 Å². The molecule has 1 N–H and O–H groups in total. The second kappa shape index (κ2) is 8.31. The van der Waals surface area contributed by atoms with E-state index in [1.807, 2.05) is 26.0 Å². The van der Waals surface area contributed by atoms with Crippen LogP contribution in [0.15, 0.2) is 22.5 Å². The quantitative estimate of drug-likeness (QED) is 0.601. The van der Waals surface area contributed by atoms with Gasteiger partial charge in [-0.1, -0.05) is 56.0 Å². The highest BCUT2D eigenvalue weighted by Gasteiger charge is 2.10. The summed E-state index contributed by atoms with van der Waals surface area (Å²) in [6.45, 7) is 8.23. The van der Waals surface area contributed by atoms with Crippen LogP contribution >= 0.6 is 23.1 Å². The Bertz CT molecular complexity index is 671. The van der Waals surface area contributed by atoms with Crippen molar-refractivity contribution in [2.75, 3.05) is 17.7 Å². The molecule has 0 saturated heterocycles. The lowest BCUT2D eigenvalue weighted by molar-refractivity contribution is -0.118. The first-order chi connectivity index (χ1) is 11.0. The zero-order valence-electron chi connectivity index (χ0n) is 13.8. The van der Waals surface area contributed by atoms with Gasteiger partial charge in [-0.15, -0.1) is 10.2 Å². The number of aryl methyl sites for hydroxylation is 1. The average molecular weight is 351 g/mol. The molecule has 23 heavy (non-hydrogen) atoms. The molecule has 0 radical (unpaired) electrons. The van der Waals surface area contributed by atoms with Gasteiger partial charge in [0.2, 0.25) is 5.13 Å². The molecular weight excluding hydrogens is 330 g/mol. The predicted molar refractivity (Wildman–Crippen MR) is 95.7 cm³/mol. The van der Waals surface area contributed by atoms with Crippen molar-refractivity contribution in [1.29, 1.82) is 0 Å². The summed E-state index contributed by atoms with van der Waals surface area (Å²) in [5.74, 6) is 1.86. The third-order valence-electron chi connectivity index (χ3n) is 3.16. The molecule has 0 bridgehead atoms. The topological polar surface area (TPSA) is 64.1 Å². The summed E-state index contributed by atoms with van der Waals surface area (Å²) in [6, 6.07) is 6.09. The van der Waals surface area contributed by atoms with Crippen LogP contribution in [-0.4, -0.2) is 28.5 Å². The van der Waals surface area contributed by atoms with E-state index in [9.17, 15) is 4.79 Å². The molecular formula is C16H21N3O2S2. The maximum Gasteiger partial charge on any atom is 0.264 e. The summed E-state index contributed by atoms with van der Waals surface area (Å²) in [5.41, 5.74) is 2.20. The molecule has 0 aliphatic rings. The molecule has 0 fully saturated rings. The molecule has 5 nitrogen and oxygen atoms in total. The number of anilines is 1. The molecule has 7 heteroatoms. The molecule has 1 aromatic carbocycles. The van der Waals surface area contributed by atoms with Gasteiger partial charge >= 0.3 is 0 Å². The highest BCUT2D eigenvalue weighted by Crippen LogP contribution is 2.26. The van der Waals surface area contributed by atoms with Crippen molar-refractivity contribution in [2.45, 2.75) is 38.0 Å². The SMILES string of the molecule is CCSc1nnc(NC(=O)COc2cc(C(C)C)ccc2C)s1. The van der Waals surface area contributed by atoms with Crippen LogP contribution in [-0.2, 0) is 4.79 Å². The summed E-state index contributed by atoms with van der Waals surface area (Å²) in [4.78, 5) is 12.0. The number of rotatable bonds is 7. The Morgan fingerprint density at radius 2 is 2.17 bits per heavy atom. The Morgan fingerprint density at radius 3 is 2.87 bits per heavy atom. The van der Waals surface area contributed by atoms with Crippen LogP contribution in [0.25, 0.3) is 0 Å². The molecule has 124 valence electrons. The van der Waals surface area contributed by atoms with E-state index in [1.165, 1.54) is 16.9 Å². The van der Waals surface area contributed by atoms with Crippen LogP contribution in [0.3, 0.4) is 0 Å². The van der Waals surface area contributed by atoms with E-state index in [0.717, 1.165) is 21.4 Å². The number of hydrogen-bond donors (Lipinski definition) is 1. The first-order valence-electron chi connectivity index (χ1n) is 7.49. The van der Waals surface area contributed by atoms with Crippen LogP contribution in [0.4, 0.5) is 5.13 Å². The predicted octanol–water partition coefficient (Wildman–Crippen LogP) is 4.10. The second-order valence-corrected chi connectivity index (χ2v) is 7.81. The number of hydrogen-bond acceptors (Lipinski definition) is 6. The number of carbonyl (C=O) groups is 1.